The molecule has 0 saturated carbocycles. The zero-order valence-corrected chi connectivity index (χ0v) is 18.2. The molecule has 8 nitrogen and oxygen atoms in total. The monoisotopic (exact) mass is 418 g/mol. The Hall–Kier alpha value is -2.20. The molecule has 0 radical (unpaired) electrons. The maximum atomic E-state index is 6.12. The van der Waals surface area contributed by atoms with Crippen molar-refractivity contribution in [2.75, 3.05) is 11.7 Å². The van der Waals surface area contributed by atoms with E-state index in [9.17, 15) is 0 Å². The highest BCUT2D eigenvalue weighted by Crippen LogP contribution is 2.28. The molecule has 3 aromatic rings. The molecule has 4 N–H and O–H groups in total. The summed E-state index contributed by atoms with van der Waals surface area (Å²) in [6.07, 6.45) is 0. The molecule has 0 unspecified atom stereocenters. The number of hydrogen-bond acceptors (Lipinski definition) is 8. The first-order valence-electron chi connectivity index (χ1n) is 9.11. The van der Waals surface area contributed by atoms with Crippen LogP contribution in [0.2, 0.25) is 0 Å². The largest absolute Gasteiger partial charge is 0.336 e. The van der Waals surface area contributed by atoms with Crippen molar-refractivity contribution in [1.82, 2.24) is 29.7 Å². The van der Waals surface area contributed by atoms with Crippen molar-refractivity contribution in [3.63, 3.8) is 0 Å². The third kappa shape index (κ3) is 4.44. The molecule has 0 aliphatic carbocycles. The predicted molar refractivity (Wildman–Crippen MR) is 114 cm³/mol. The minimum atomic E-state index is 0.236. The Bertz CT molecular complexity index is 856. The van der Waals surface area contributed by atoms with Gasteiger partial charge in [0.2, 0.25) is 10.3 Å². The summed E-state index contributed by atoms with van der Waals surface area (Å²) >= 11 is 3.17. The van der Waals surface area contributed by atoms with Crippen LogP contribution < -0.4 is 11.7 Å². The Morgan fingerprint density at radius 2 is 1.14 bits per heavy atom. The normalized spacial score (nSPS) is 11.6. The summed E-state index contributed by atoms with van der Waals surface area (Å²) in [5.41, 5.74) is 2.45. The van der Waals surface area contributed by atoms with Crippen LogP contribution in [-0.2, 0) is 11.5 Å². The summed E-state index contributed by atoms with van der Waals surface area (Å²) in [6.45, 7) is 8.20. The number of benzene rings is 1. The molecular formula is C18H26N8S2. The Morgan fingerprint density at radius 1 is 0.750 bits per heavy atom. The van der Waals surface area contributed by atoms with Crippen LogP contribution in [0.3, 0.4) is 0 Å². The Balaban J connectivity index is 1.68. The molecule has 10 heteroatoms. The molecule has 1 aromatic carbocycles. The zero-order chi connectivity index (χ0) is 20.3. The van der Waals surface area contributed by atoms with E-state index in [4.69, 9.17) is 11.7 Å². The average Bonchev–Trinajstić information content (AvgIpc) is 3.21. The van der Waals surface area contributed by atoms with Gasteiger partial charge in [0.1, 0.15) is 0 Å². The lowest BCUT2D eigenvalue weighted by atomic mass is 10.1. The van der Waals surface area contributed by atoms with E-state index in [-0.39, 0.29) is 11.8 Å². The van der Waals surface area contributed by atoms with Gasteiger partial charge in [-0.3, -0.25) is 0 Å². The SMILES string of the molecule is CC(C)c1nnc(SCc2ccccc2CSc2nnc(C(C)C)n2N)n1N. The van der Waals surface area contributed by atoms with E-state index in [0.29, 0.717) is 0 Å². The summed E-state index contributed by atoms with van der Waals surface area (Å²) in [4.78, 5) is 0. The summed E-state index contributed by atoms with van der Waals surface area (Å²) < 4.78 is 3.16. The second-order valence-corrected chi connectivity index (χ2v) is 8.96. The number of hydrogen-bond donors (Lipinski definition) is 2. The van der Waals surface area contributed by atoms with Crippen molar-refractivity contribution < 1.29 is 0 Å². The maximum Gasteiger partial charge on any atom is 0.210 e. The Labute approximate surface area is 173 Å². The van der Waals surface area contributed by atoms with E-state index in [1.807, 2.05) is 12.1 Å². The molecule has 2 aromatic heterocycles. The first-order valence-corrected chi connectivity index (χ1v) is 11.1. The number of rotatable bonds is 8. The van der Waals surface area contributed by atoms with Gasteiger partial charge < -0.3 is 11.7 Å². The van der Waals surface area contributed by atoms with Crippen LogP contribution in [0.1, 0.15) is 62.3 Å². The van der Waals surface area contributed by atoms with Crippen molar-refractivity contribution in [2.24, 2.45) is 0 Å². The molecule has 0 atom stereocenters. The van der Waals surface area contributed by atoms with Gasteiger partial charge in [-0.05, 0) is 11.1 Å². The molecule has 3 rings (SSSR count). The van der Waals surface area contributed by atoms with Gasteiger partial charge in [0, 0.05) is 23.3 Å². The van der Waals surface area contributed by atoms with E-state index in [1.165, 1.54) is 11.1 Å². The van der Waals surface area contributed by atoms with Gasteiger partial charge in [-0.15, -0.1) is 20.4 Å². The summed E-state index contributed by atoms with van der Waals surface area (Å²) in [5, 5.41) is 18.2. The smallest absolute Gasteiger partial charge is 0.210 e. The molecule has 0 amide bonds. The molecule has 0 fully saturated rings. The Morgan fingerprint density at radius 3 is 1.46 bits per heavy atom. The third-order valence-electron chi connectivity index (χ3n) is 4.25. The van der Waals surface area contributed by atoms with Gasteiger partial charge in [0.15, 0.2) is 11.6 Å². The Kier molecular flexibility index (Phi) is 6.50. The fourth-order valence-corrected chi connectivity index (χ4v) is 4.48. The molecule has 2 heterocycles. The summed E-state index contributed by atoms with van der Waals surface area (Å²) in [7, 11) is 0. The summed E-state index contributed by atoms with van der Waals surface area (Å²) in [6, 6.07) is 8.32. The lowest BCUT2D eigenvalue weighted by Crippen LogP contribution is -2.15. The molecule has 0 bridgehead atoms. The van der Waals surface area contributed by atoms with Gasteiger partial charge in [0.25, 0.3) is 0 Å². The lowest BCUT2D eigenvalue weighted by Gasteiger charge is -2.10. The number of aromatic nitrogens is 6. The fourth-order valence-electron chi connectivity index (χ4n) is 2.68. The minimum absolute atomic E-state index is 0.236. The summed E-state index contributed by atoms with van der Waals surface area (Å²) in [5.74, 6) is 15.8. The van der Waals surface area contributed by atoms with E-state index < -0.39 is 0 Å². The van der Waals surface area contributed by atoms with Crippen LogP contribution in [0.15, 0.2) is 34.6 Å². The van der Waals surface area contributed by atoms with Crippen LogP contribution in [0, 0.1) is 0 Å². The van der Waals surface area contributed by atoms with Gasteiger partial charge in [-0.2, -0.15) is 0 Å². The molecular weight excluding hydrogens is 392 g/mol. The van der Waals surface area contributed by atoms with Crippen molar-refractivity contribution in [3.8, 4) is 0 Å². The number of nitrogens with zero attached hydrogens (tertiary/aromatic N) is 6. The van der Waals surface area contributed by atoms with Gasteiger partial charge >= 0.3 is 0 Å². The molecule has 0 spiro atoms. The zero-order valence-electron chi connectivity index (χ0n) is 16.5. The number of thioether (sulfide) groups is 2. The highest BCUT2D eigenvalue weighted by Gasteiger charge is 2.15. The second kappa shape index (κ2) is 8.87. The average molecular weight is 419 g/mol. The van der Waals surface area contributed by atoms with Crippen LogP contribution >= 0.6 is 23.5 Å². The molecule has 0 aliphatic rings. The number of nitrogen functional groups attached to an aromatic ring is 2. The third-order valence-corrected chi connectivity index (χ3v) is 6.23. The first-order chi connectivity index (χ1) is 13.4. The maximum absolute atomic E-state index is 6.12. The van der Waals surface area contributed by atoms with E-state index in [1.54, 1.807) is 32.9 Å². The fraction of sp³-hybridized carbons (Fsp3) is 0.444. The lowest BCUT2D eigenvalue weighted by molar-refractivity contribution is 0.711. The van der Waals surface area contributed by atoms with E-state index >= 15 is 0 Å². The van der Waals surface area contributed by atoms with Crippen molar-refractivity contribution >= 4 is 23.5 Å². The van der Waals surface area contributed by atoms with Crippen LogP contribution in [-0.4, -0.2) is 29.7 Å². The molecule has 150 valence electrons. The predicted octanol–water partition coefficient (Wildman–Crippen LogP) is 3.13. The molecule has 28 heavy (non-hydrogen) atoms. The van der Waals surface area contributed by atoms with Crippen molar-refractivity contribution in [2.45, 2.75) is 61.3 Å². The highest BCUT2D eigenvalue weighted by molar-refractivity contribution is 7.98. The molecule has 0 saturated heterocycles. The topological polar surface area (TPSA) is 113 Å². The van der Waals surface area contributed by atoms with Crippen LogP contribution in [0.25, 0.3) is 0 Å². The number of nitrogens with two attached hydrogens (primary N) is 2. The first kappa shape index (κ1) is 20.5. The van der Waals surface area contributed by atoms with E-state index in [2.05, 4.69) is 60.2 Å². The standard InChI is InChI=1S/C18H26N8S2/c1-11(2)15-21-23-17(25(15)19)27-9-13-7-5-6-8-14(13)10-28-18-24-22-16(12(3)4)26(18)20/h5-8,11-12H,9-10,19-20H2,1-4H3. The van der Waals surface area contributed by atoms with Gasteiger partial charge in [0.05, 0.1) is 0 Å². The van der Waals surface area contributed by atoms with Crippen molar-refractivity contribution in [1.29, 1.82) is 0 Å². The van der Waals surface area contributed by atoms with Crippen LogP contribution in [0.4, 0.5) is 0 Å². The second-order valence-electron chi connectivity index (χ2n) is 7.08. The highest BCUT2D eigenvalue weighted by atomic mass is 32.2. The van der Waals surface area contributed by atoms with Crippen LogP contribution in [0.5, 0.6) is 0 Å². The van der Waals surface area contributed by atoms with Gasteiger partial charge in [-0.1, -0.05) is 75.5 Å². The molecule has 0 aliphatic heterocycles. The minimum Gasteiger partial charge on any atom is -0.336 e. The van der Waals surface area contributed by atoms with E-state index in [0.717, 1.165) is 33.5 Å². The van der Waals surface area contributed by atoms with Crippen molar-refractivity contribution in [3.05, 3.63) is 47.0 Å². The van der Waals surface area contributed by atoms with Gasteiger partial charge in [-0.25, -0.2) is 9.35 Å². The quantitative estimate of drug-likeness (QED) is 0.424.